The van der Waals surface area contributed by atoms with E-state index in [1.54, 1.807) is 0 Å². The number of Topliss-reactive ketones (excluding diaryl/α,β-unsaturated/α-hetero) is 1. The molecule has 0 radical (unpaired) electrons. The standard InChI is InChI=1S/C23H37BrO3/c1-21(26)10-11-23(14-27-3)15(12-21)4-5-16-17-6-7-19(20(25)13-24)22(17,2)9-8-18(16)23/h15-19,26H,4-14H2,1-3H3/t15-,16?,17-,18-,19+,21+,22-,23+/m0/s1. The van der Waals surface area contributed by atoms with Crippen LogP contribution < -0.4 is 0 Å². The average Bonchev–Trinajstić information content (AvgIpc) is 2.98. The van der Waals surface area contributed by atoms with Crippen LogP contribution in [0.4, 0.5) is 0 Å². The maximum atomic E-state index is 12.6. The summed E-state index contributed by atoms with van der Waals surface area (Å²) in [7, 11) is 1.86. The van der Waals surface area contributed by atoms with Crippen molar-refractivity contribution in [2.75, 3.05) is 19.0 Å². The fraction of sp³-hybridized carbons (Fsp3) is 0.957. The van der Waals surface area contributed by atoms with Gasteiger partial charge in [0, 0.05) is 13.0 Å². The molecular formula is C23H37BrO3. The predicted molar refractivity (Wildman–Crippen MR) is 111 cm³/mol. The van der Waals surface area contributed by atoms with E-state index in [-0.39, 0.29) is 16.7 Å². The molecule has 4 fully saturated rings. The fourth-order valence-corrected chi connectivity index (χ4v) is 8.80. The molecule has 1 N–H and O–H groups in total. The topological polar surface area (TPSA) is 46.5 Å². The zero-order valence-electron chi connectivity index (χ0n) is 17.3. The van der Waals surface area contributed by atoms with E-state index in [1.807, 2.05) is 14.0 Å². The molecule has 4 aliphatic rings. The quantitative estimate of drug-likeness (QED) is 0.626. The zero-order valence-corrected chi connectivity index (χ0v) is 18.9. The molecule has 1 unspecified atom stereocenters. The lowest BCUT2D eigenvalue weighted by Gasteiger charge is -2.62. The molecule has 8 atom stereocenters. The molecule has 4 heteroatoms. The van der Waals surface area contributed by atoms with Crippen LogP contribution in [-0.2, 0) is 9.53 Å². The minimum absolute atomic E-state index is 0.202. The molecule has 4 rings (SSSR count). The van der Waals surface area contributed by atoms with Gasteiger partial charge in [0.15, 0.2) is 0 Å². The number of rotatable bonds is 4. The van der Waals surface area contributed by atoms with Gasteiger partial charge >= 0.3 is 0 Å². The van der Waals surface area contributed by atoms with Gasteiger partial charge in [-0.3, -0.25) is 4.79 Å². The van der Waals surface area contributed by atoms with Gasteiger partial charge in [-0.1, -0.05) is 22.9 Å². The third-order valence-corrected chi connectivity index (χ3v) is 10.1. The second-order valence-corrected chi connectivity index (χ2v) is 11.4. The van der Waals surface area contributed by atoms with E-state index in [2.05, 4.69) is 22.9 Å². The lowest BCUT2D eigenvalue weighted by atomic mass is 9.43. The van der Waals surface area contributed by atoms with Gasteiger partial charge < -0.3 is 9.84 Å². The first-order valence-electron chi connectivity index (χ1n) is 11.1. The Balaban J connectivity index is 1.63. The lowest BCUT2D eigenvalue weighted by Crippen LogP contribution is -2.58. The molecule has 0 saturated heterocycles. The molecule has 0 heterocycles. The van der Waals surface area contributed by atoms with Crippen LogP contribution in [0.25, 0.3) is 0 Å². The largest absolute Gasteiger partial charge is 0.390 e. The molecule has 0 aliphatic heterocycles. The second-order valence-electron chi connectivity index (χ2n) is 10.8. The molecule has 0 amide bonds. The summed E-state index contributed by atoms with van der Waals surface area (Å²) in [6.07, 6.45) is 10.2. The summed E-state index contributed by atoms with van der Waals surface area (Å²) in [5.41, 5.74) is -0.0509. The van der Waals surface area contributed by atoms with Crippen LogP contribution in [0, 0.1) is 40.4 Å². The normalized spacial score (nSPS) is 52.0. The van der Waals surface area contributed by atoms with E-state index in [9.17, 15) is 9.90 Å². The molecule has 4 aliphatic carbocycles. The molecule has 0 spiro atoms. The molecule has 0 aromatic carbocycles. The molecular weight excluding hydrogens is 404 g/mol. The van der Waals surface area contributed by atoms with Crippen LogP contribution in [0.5, 0.6) is 0 Å². The maximum Gasteiger partial charge on any atom is 0.147 e. The zero-order chi connectivity index (χ0) is 19.4. The SMILES string of the molecule is COC[C@]12CC[C@@](C)(O)C[C@@H]1CCC1[C@@H]3CC[C@H](C(=O)CBr)[C@@]3(C)CC[C@@H]12. The molecule has 0 bridgehead atoms. The first-order valence-corrected chi connectivity index (χ1v) is 12.2. The van der Waals surface area contributed by atoms with Crippen molar-refractivity contribution in [1.29, 1.82) is 0 Å². The van der Waals surface area contributed by atoms with Crippen LogP contribution in [0.3, 0.4) is 0 Å². The van der Waals surface area contributed by atoms with Gasteiger partial charge in [-0.2, -0.15) is 0 Å². The fourth-order valence-electron chi connectivity index (χ4n) is 8.41. The summed E-state index contributed by atoms with van der Waals surface area (Å²) < 4.78 is 5.83. The molecule has 0 aromatic heterocycles. The Labute approximate surface area is 173 Å². The third-order valence-electron chi connectivity index (χ3n) is 9.59. The van der Waals surface area contributed by atoms with Crippen molar-refractivity contribution in [3.8, 4) is 0 Å². The van der Waals surface area contributed by atoms with E-state index in [4.69, 9.17) is 4.74 Å². The summed E-state index contributed by atoms with van der Waals surface area (Å²) in [5.74, 6) is 3.42. The maximum absolute atomic E-state index is 12.6. The van der Waals surface area contributed by atoms with Crippen LogP contribution in [0.15, 0.2) is 0 Å². The predicted octanol–water partition coefficient (Wildman–Crippen LogP) is 4.99. The summed E-state index contributed by atoms with van der Waals surface area (Å²) in [6, 6.07) is 0. The molecule has 154 valence electrons. The van der Waals surface area contributed by atoms with Crippen LogP contribution in [0.1, 0.15) is 71.6 Å². The first-order chi connectivity index (χ1) is 12.8. The van der Waals surface area contributed by atoms with Gasteiger partial charge in [0.1, 0.15) is 5.78 Å². The Morgan fingerprint density at radius 2 is 1.85 bits per heavy atom. The highest BCUT2D eigenvalue weighted by Crippen LogP contribution is 2.68. The highest BCUT2D eigenvalue weighted by Gasteiger charge is 2.62. The van der Waals surface area contributed by atoms with Crippen molar-refractivity contribution >= 4 is 21.7 Å². The summed E-state index contributed by atoms with van der Waals surface area (Å²) in [6.45, 7) is 5.30. The highest BCUT2D eigenvalue weighted by atomic mass is 79.9. The van der Waals surface area contributed by atoms with Gasteiger partial charge in [0.25, 0.3) is 0 Å². The van der Waals surface area contributed by atoms with Crippen LogP contribution in [0.2, 0.25) is 0 Å². The number of aliphatic hydroxyl groups is 1. The number of ketones is 1. The third kappa shape index (κ3) is 3.08. The number of halogens is 1. The number of hydrogen-bond acceptors (Lipinski definition) is 3. The van der Waals surface area contributed by atoms with Crippen LogP contribution in [-0.4, -0.2) is 35.5 Å². The Morgan fingerprint density at radius 1 is 1.07 bits per heavy atom. The number of methoxy groups -OCH3 is 1. The Kier molecular flexibility index (Phi) is 5.34. The van der Waals surface area contributed by atoms with E-state index in [0.29, 0.717) is 28.9 Å². The van der Waals surface area contributed by atoms with E-state index >= 15 is 0 Å². The van der Waals surface area contributed by atoms with E-state index < -0.39 is 5.60 Å². The van der Waals surface area contributed by atoms with Gasteiger partial charge in [-0.05, 0) is 99.2 Å². The van der Waals surface area contributed by atoms with E-state index in [1.165, 1.54) is 32.1 Å². The van der Waals surface area contributed by atoms with Gasteiger partial charge in [-0.25, -0.2) is 0 Å². The van der Waals surface area contributed by atoms with Crippen molar-refractivity contribution in [1.82, 2.24) is 0 Å². The van der Waals surface area contributed by atoms with Crippen molar-refractivity contribution in [2.45, 2.75) is 77.2 Å². The lowest BCUT2D eigenvalue weighted by molar-refractivity contribution is -0.175. The Morgan fingerprint density at radius 3 is 2.56 bits per heavy atom. The number of alkyl halides is 1. The minimum atomic E-state index is -0.501. The first kappa shape index (κ1) is 20.3. The number of carbonyl (C=O) groups excluding carboxylic acids is 1. The van der Waals surface area contributed by atoms with E-state index in [0.717, 1.165) is 38.2 Å². The Bertz CT molecular complexity index is 590. The summed E-state index contributed by atoms with van der Waals surface area (Å²) >= 11 is 3.43. The number of fused-ring (bicyclic) bond motifs is 5. The van der Waals surface area contributed by atoms with Crippen molar-refractivity contribution in [2.24, 2.45) is 40.4 Å². The molecule has 3 nitrogen and oxygen atoms in total. The van der Waals surface area contributed by atoms with Gasteiger partial charge in [0.2, 0.25) is 0 Å². The number of hydrogen-bond donors (Lipinski definition) is 1. The molecule has 4 saturated carbocycles. The summed E-state index contributed by atoms with van der Waals surface area (Å²) in [5, 5.41) is 11.2. The van der Waals surface area contributed by atoms with Gasteiger partial charge in [-0.15, -0.1) is 0 Å². The second kappa shape index (κ2) is 7.09. The number of carbonyl (C=O) groups is 1. The van der Waals surface area contributed by atoms with Crippen molar-refractivity contribution in [3.05, 3.63) is 0 Å². The molecule has 27 heavy (non-hydrogen) atoms. The summed E-state index contributed by atoms with van der Waals surface area (Å²) in [4.78, 5) is 12.6. The van der Waals surface area contributed by atoms with Crippen molar-refractivity contribution < 1.29 is 14.6 Å². The minimum Gasteiger partial charge on any atom is -0.390 e. The smallest absolute Gasteiger partial charge is 0.147 e. The van der Waals surface area contributed by atoms with Crippen molar-refractivity contribution in [3.63, 3.8) is 0 Å². The Hall–Kier alpha value is 0.0700. The molecule has 0 aromatic rings. The number of ether oxygens (including phenoxy) is 1. The highest BCUT2D eigenvalue weighted by molar-refractivity contribution is 9.09. The van der Waals surface area contributed by atoms with Gasteiger partial charge in [0.05, 0.1) is 17.5 Å². The van der Waals surface area contributed by atoms with Crippen LogP contribution >= 0.6 is 15.9 Å². The average molecular weight is 441 g/mol. The monoisotopic (exact) mass is 440 g/mol.